The molecule has 4 aliphatic rings. The zero-order valence-corrected chi connectivity index (χ0v) is 16.4. The largest absolute Gasteiger partial charge is 0.347 e. The Labute approximate surface area is 152 Å². The van der Waals surface area contributed by atoms with Crippen molar-refractivity contribution in [2.75, 3.05) is 19.6 Å². The molecule has 142 valence electrons. The molecule has 4 aliphatic carbocycles. The minimum atomic E-state index is -0.225. The SMILES string of the molecule is CC[NH+](CC(=O)NC(C)(C)C)CC(=O)NC12CC3CC(CC(C3)C1)C2. The van der Waals surface area contributed by atoms with Crippen molar-refractivity contribution in [3.8, 4) is 0 Å². The molecular formula is C20H36N3O2+. The van der Waals surface area contributed by atoms with E-state index in [9.17, 15) is 9.59 Å². The molecule has 0 aromatic heterocycles. The number of amides is 2. The molecule has 5 nitrogen and oxygen atoms in total. The molecule has 0 aromatic rings. The molecule has 25 heavy (non-hydrogen) atoms. The molecule has 4 rings (SSSR count). The molecule has 0 radical (unpaired) electrons. The molecule has 1 atom stereocenters. The third-order valence-corrected chi connectivity index (χ3v) is 6.28. The van der Waals surface area contributed by atoms with Gasteiger partial charge in [0.15, 0.2) is 13.1 Å². The first-order valence-corrected chi connectivity index (χ1v) is 10.1. The van der Waals surface area contributed by atoms with Crippen LogP contribution in [0.25, 0.3) is 0 Å². The lowest BCUT2D eigenvalue weighted by Crippen LogP contribution is -3.14. The van der Waals surface area contributed by atoms with E-state index in [1.807, 2.05) is 27.7 Å². The minimum Gasteiger partial charge on any atom is -0.347 e. The third-order valence-electron chi connectivity index (χ3n) is 6.28. The van der Waals surface area contributed by atoms with Gasteiger partial charge in [-0.05, 0) is 84.0 Å². The lowest BCUT2D eigenvalue weighted by molar-refractivity contribution is -0.882. The molecule has 4 fully saturated rings. The number of hydrogen-bond acceptors (Lipinski definition) is 2. The number of rotatable bonds is 6. The first-order valence-electron chi connectivity index (χ1n) is 10.1. The van der Waals surface area contributed by atoms with Crippen LogP contribution >= 0.6 is 0 Å². The van der Waals surface area contributed by atoms with E-state index >= 15 is 0 Å². The van der Waals surface area contributed by atoms with Gasteiger partial charge in [0.25, 0.3) is 11.8 Å². The predicted molar refractivity (Wildman–Crippen MR) is 98.2 cm³/mol. The lowest BCUT2D eigenvalue weighted by Gasteiger charge is -2.56. The standard InChI is InChI=1S/C20H35N3O2/c1-5-23(12-17(24)21-19(2,3)4)13-18(25)22-20-9-14-6-15(10-20)8-16(7-14)11-20/h14-16H,5-13H2,1-4H3,(H,21,24)(H,22,25)/p+1. The Morgan fingerprint density at radius 1 is 0.960 bits per heavy atom. The zero-order chi connectivity index (χ0) is 18.2. The van der Waals surface area contributed by atoms with Crippen LogP contribution in [0.4, 0.5) is 0 Å². The molecule has 3 N–H and O–H groups in total. The van der Waals surface area contributed by atoms with Gasteiger partial charge in [-0.25, -0.2) is 0 Å². The summed E-state index contributed by atoms with van der Waals surface area (Å²) in [7, 11) is 0. The van der Waals surface area contributed by atoms with Crippen LogP contribution in [-0.4, -0.2) is 42.5 Å². The fraction of sp³-hybridized carbons (Fsp3) is 0.900. The Morgan fingerprint density at radius 2 is 1.44 bits per heavy atom. The molecule has 0 heterocycles. The summed E-state index contributed by atoms with van der Waals surface area (Å²) >= 11 is 0. The van der Waals surface area contributed by atoms with Crippen LogP contribution < -0.4 is 15.5 Å². The Kier molecular flexibility index (Phi) is 5.16. The maximum absolute atomic E-state index is 12.7. The average molecular weight is 351 g/mol. The van der Waals surface area contributed by atoms with Crippen molar-refractivity contribution < 1.29 is 14.5 Å². The number of likely N-dealkylation sites (N-methyl/N-ethyl adjacent to an activating group) is 1. The highest BCUT2D eigenvalue weighted by Crippen LogP contribution is 2.55. The van der Waals surface area contributed by atoms with Crippen LogP contribution in [0, 0.1) is 17.8 Å². The average Bonchev–Trinajstić information content (AvgIpc) is 2.42. The quantitative estimate of drug-likeness (QED) is 0.666. The predicted octanol–water partition coefficient (Wildman–Crippen LogP) is 0.891. The second-order valence-electron chi connectivity index (χ2n) is 10.0. The Bertz CT molecular complexity index is 488. The van der Waals surface area contributed by atoms with Gasteiger partial charge in [0.05, 0.1) is 6.54 Å². The molecule has 0 aliphatic heterocycles. The van der Waals surface area contributed by atoms with Gasteiger partial charge in [0.2, 0.25) is 0 Å². The minimum absolute atomic E-state index is 0.0203. The third kappa shape index (κ3) is 4.75. The van der Waals surface area contributed by atoms with Gasteiger partial charge < -0.3 is 15.5 Å². The van der Waals surface area contributed by atoms with Gasteiger partial charge in [-0.1, -0.05) is 0 Å². The van der Waals surface area contributed by atoms with E-state index < -0.39 is 0 Å². The molecule has 4 bridgehead atoms. The molecule has 0 spiro atoms. The van der Waals surface area contributed by atoms with Crippen molar-refractivity contribution in [1.82, 2.24) is 10.6 Å². The summed E-state index contributed by atoms with van der Waals surface area (Å²) in [5.41, 5.74) is -0.157. The van der Waals surface area contributed by atoms with Crippen molar-refractivity contribution in [3.63, 3.8) is 0 Å². The highest BCUT2D eigenvalue weighted by atomic mass is 16.2. The van der Waals surface area contributed by atoms with Crippen molar-refractivity contribution in [2.45, 2.75) is 77.3 Å². The van der Waals surface area contributed by atoms with Crippen molar-refractivity contribution in [2.24, 2.45) is 17.8 Å². The van der Waals surface area contributed by atoms with E-state index in [1.54, 1.807) is 0 Å². The monoisotopic (exact) mass is 350 g/mol. The fourth-order valence-corrected chi connectivity index (χ4v) is 5.83. The molecule has 0 aromatic carbocycles. The number of carbonyl (C=O) groups excluding carboxylic acids is 2. The Balaban J connectivity index is 1.52. The Hall–Kier alpha value is -1.10. The molecule has 4 saturated carbocycles. The second kappa shape index (κ2) is 6.90. The maximum atomic E-state index is 12.7. The van der Waals surface area contributed by atoms with Gasteiger partial charge in [-0.3, -0.25) is 9.59 Å². The topological polar surface area (TPSA) is 62.6 Å². The number of hydrogen-bond donors (Lipinski definition) is 3. The number of quaternary nitrogens is 1. The first-order chi connectivity index (χ1) is 11.7. The normalized spacial score (nSPS) is 34.6. The number of nitrogens with one attached hydrogen (secondary N) is 3. The van der Waals surface area contributed by atoms with Crippen LogP contribution in [0.1, 0.15) is 66.2 Å². The molecule has 0 saturated heterocycles. The summed E-state index contributed by atoms with van der Waals surface area (Å²) in [5.74, 6) is 2.64. The summed E-state index contributed by atoms with van der Waals surface area (Å²) in [5, 5.41) is 6.41. The molecule has 2 amide bonds. The van der Waals surface area contributed by atoms with Crippen LogP contribution in [-0.2, 0) is 9.59 Å². The van der Waals surface area contributed by atoms with Gasteiger partial charge in [0.1, 0.15) is 0 Å². The van der Waals surface area contributed by atoms with Gasteiger partial charge in [-0.2, -0.15) is 0 Å². The van der Waals surface area contributed by atoms with E-state index in [-0.39, 0.29) is 22.9 Å². The molecule has 5 heteroatoms. The summed E-state index contributed by atoms with van der Waals surface area (Å²) in [6, 6.07) is 0. The number of carbonyl (C=O) groups is 2. The second-order valence-corrected chi connectivity index (χ2v) is 10.0. The van der Waals surface area contributed by atoms with Gasteiger partial charge >= 0.3 is 0 Å². The fourth-order valence-electron chi connectivity index (χ4n) is 5.83. The van der Waals surface area contributed by atoms with E-state index in [2.05, 4.69) is 10.6 Å². The van der Waals surface area contributed by atoms with E-state index in [0.717, 1.165) is 29.2 Å². The summed E-state index contributed by atoms with van der Waals surface area (Å²) in [4.78, 5) is 25.9. The van der Waals surface area contributed by atoms with E-state index in [4.69, 9.17) is 0 Å². The first kappa shape index (κ1) is 18.7. The summed E-state index contributed by atoms with van der Waals surface area (Å²) < 4.78 is 0. The summed E-state index contributed by atoms with van der Waals surface area (Å²) in [6.45, 7) is 9.53. The smallest absolute Gasteiger partial charge is 0.275 e. The van der Waals surface area contributed by atoms with Crippen molar-refractivity contribution in [1.29, 1.82) is 0 Å². The highest BCUT2D eigenvalue weighted by molar-refractivity contribution is 5.79. The maximum Gasteiger partial charge on any atom is 0.275 e. The van der Waals surface area contributed by atoms with Crippen molar-refractivity contribution in [3.05, 3.63) is 0 Å². The van der Waals surface area contributed by atoms with Crippen LogP contribution in [0.15, 0.2) is 0 Å². The molecular weight excluding hydrogens is 314 g/mol. The Morgan fingerprint density at radius 3 is 1.88 bits per heavy atom. The summed E-state index contributed by atoms with van der Waals surface area (Å²) in [6.07, 6.45) is 7.68. The zero-order valence-electron chi connectivity index (χ0n) is 16.4. The van der Waals surface area contributed by atoms with Gasteiger partial charge in [-0.15, -0.1) is 0 Å². The van der Waals surface area contributed by atoms with E-state index in [1.165, 1.54) is 38.5 Å². The van der Waals surface area contributed by atoms with Crippen LogP contribution in [0.5, 0.6) is 0 Å². The highest BCUT2D eigenvalue weighted by Gasteiger charge is 2.51. The van der Waals surface area contributed by atoms with Crippen LogP contribution in [0.2, 0.25) is 0 Å². The lowest BCUT2D eigenvalue weighted by atomic mass is 9.53. The van der Waals surface area contributed by atoms with E-state index in [0.29, 0.717) is 13.1 Å². The molecule has 1 unspecified atom stereocenters. The van der Waals surface area contributed by atoms with Gasteiger partial charge in [0, 0.05) is 11.1 Å². The van der Waals surface area contributed by atoms with Crippen LogP contribution in [0.3, 0.4) is 0 Å². The van der Waals surface area contributed by atoms with Crippen molar-refractivity contribution >= 4 is 11.8 Å².